The zero-order valence-corrected chi connectivity index (χ0v) is 22.0. The number of hydrogen-bond donors (Lipinski definition) is 1. The van der Waals surface area contributed by atoms with Crippen LogP contribution >= 0.6 is 34.4 Å². The average molecular weight is 580 g/mol. The Kier molecular flexibility index (Phi) is 8.06. The third-order valence-corrected chi connectivity index (χ3v) is 6.66. The zero-order chi connectivity index (χ0) is 24.3. The number of thioether (sulfide) groups is 1. The second-order valence-corrected chi connectivity index (χ2v) is 9.71. The van der Waals surface area contributed by atoms with E-state index in [2.05, 4.69) is 27.9 Å². The third-order valence-electron chi connectivity index (χ3n) is 4.95. The van der Waals surface area contributed by atoms with Crippen LogP contribution in [0.1, 0.15) is 29.2 Å². The summed E-state index contributed by atoms with van der Waals surface area (Å²) >= 11 is 2.95. The number of anilines is 1. The fraction of sp³-hybridized carbons (Fsp3) is 0.292. The minimum atomic E-state index is -0.500. The summed E-state index contributed by atoms with van der Waals surface area (Å²) in [4.78, 5) is 39.2. The molecule has 0 aliphatic carbocycles. The number of carbonyl (C=O) groups excluding carboxylic acids is 3. The molecule has 3 amide bonds. The monoisotopic (exact) mass is 580 g/mol. The van der Waals surface area contributed by atoms with Crippen molar-refractivity contribution in [1.29, 1.82) is 0 Å². The number of amides is 3. The van der Waals surface area contributed by atoms with Crippen molar-refractivity contribution in [3.05, 3.63) is 55.0 Å². The summed E-state index contributed by atoms with van der Waals surface area (Å²) < 4.78 is 11.9. The maximum absolute atomic E-state index is 12.9. The van der Waals surface area contributed by atoms with Gasteiger partial charge in [-0.3, -0.25) is 19.3 Å². The molecule has 3 rings (SSSR count). The summed E-state index contributed by atoms with van der Waals surface area (Å²) in [7, 11) is 1.54. The Morgan fingerprint density at radius 1 is 1.15 bits per heavy atom. The highest BCUT2D eigenvalue weighted by molar-refractivity contribution is 14.1. The molecule has 1 aliphatic rings. The van der Waals surface area contributed by atoms with Gasteiger partial charge in [-0.15, -0.1) is 0 Å². The summed E-state index contributed by atoms with van der Waals surface area (Å²) in [5.41, 5.74) is 4.34. The molecule has 1 N–H and O–H groups in total. The Labute approximate surface area is 211 Å². The Bertz CT molecular complexity index is 1140. The van der Waals surface area contributed by atoms with Crippen molar-refractivity contribution in [2.45, 2.75) is 27.7 Å². The van der Waals surface area contributed by atoms with Crippen molar-refractivity contribution in [3.63, 3.8) is 0 Å². The second-order valence-electron chi connectivity index (χ2n) is 7.56. The molecule has 0 spiro atoms. The lowest BCUT2D eigenvalue weighted by Gasteiger charge is -2.16. The minimum Gasteiger partial charge on any atom is -0.493 e. The third kappa shape index (κ3) is 5.70. The van der Waals surface area contributed by atoms with E-state index in [1.807, 2.05) is 45.9 Å². The lowest BCUT2D eigenvalue weighted by Crippen LogP contribution is -2.36. The lowest BCUT2D eigenvalue weighted by atomic mass is 10.1. The molecular formula is C24H25IN2O5S. The molecule has 1 aliphatic heterocycles. The van der Waals surface area contributed by atoms with Crippen LogP contribution in [0.2, 0.25) is 0 Å². The summed E-state index contributed by atoms with van der Waals surface area (Å²) in [6.45, 7) is 7.83. The largest absolute Gasteiger partial charge is 0.493 e. The predicted molar refractivity (Wildman–Crippen MR) is 139 cm³/mol. The van der Waals surface area contributed by atoms with Crippen molar-refractivity contribution < 1.29 is 23.9 Å². The van der Waals surface area contributed by atoms with Crippen LogP contribution in [-0.2, 0) is 9.59 Å². The van der Waals surface area contributed by atoms with Gasteiger partial charge in [0.2, 0.25) is 5.91 Å². The predicted octanol–water partition coefficient (Wildman–Crippen LogP) is 5.30. The van der Waals surface area contributed by atoms with Gasteiger partial charge in [0.05, 0.1) is 22.2 Å². The number of halogens is 1. The highest BCUT2D eigenvalue weighted by Gasteiger charge is 2.36. The van der Waals surface area contributed by atoms with Crippen LogP contribution in [0.25, 0.3) is 6.08 Å². The molecule has 1 saturated heterocycles. The van der Waals surface area contributed by atoms with Gasteiger partial charge in [0.15, 0.2) is 11.5 Å². The molecule has 0 bridgehead atoms. The van der Waals surface area contributed by atoms with Crippen LogP contribution in [0.3, 0.4) is 0 Å². The minimum absolute atomic E-state index is 0.248. The van der Waals surface area contributed by atoms with Crippen molar-refractivity contribution in [2.75, 3.05) is 25.6 Å². The number of hydrogen-bond acceptors (Lipinski definition) is 6. The van der Waals surface area contributed by atoms with Crippen molar-refractivity contribution in [2.24, 2.45) is 0 Å². The summed E-state index contributed by atoms with van der Waals surface area (Å²) in [6.07, 6.45) is 1.62. The number of benzene rings is 2. The van der Waals surface area contributed by atoms with Gasteiger partial charge in [-0.25, -0.2) is 0 Å². The molecule has 0 aromatic heterocycles. The van der Waals surface area contributed by atoms with Gasteiger partial charge in [-0.05, 0) is 96.9 Å². The molecule has 1 heterocycles. The van der Waals surface area contributed by atoms with Gasteiger partial charge < -0.3 is 14.8 Å². The van der Waals surface area contributed by atoms with Crippen molar-refractivity contribution in [3.8, 4) is 11.5 Å². The van der Waals surface area contributed by atoms with Crippen molar-refractivity contribution in [1.82, 2.24) is 4.90 Å². The SMILES string of the molecule is CCOc1c(I)cc(/C=C2/SC(=O)N(CC(=O)Nc3c(C)cc(C)cc3C)C2=O)cc1OC. The number of nitrogens with zero attached hydrogens (tertiary/aromatic N) is 1. The number of aryl methyl sites for hydroxylation is 3. The molecule has 2 aromatic rings. The van der Waals surface area contributed by atoms with E-state index in [1.165, 1.54) is 0 Å². The number of carbonyl (C=O) groups is 3. The van der Waals surface area contributed by atoms with Crippen LogP contribution in [-0.4, -0.2) is 42.2 Å². The Morgan fingerprint density at radius 2 is 1.82 bits per heavy atom. The fourth-order valence-electron chi connectivity index (χ4n) is 3.59. The molecule has 0 unspecified atom stereocenters. The Morgan fingerprint density at radius 3 is 2.42 bits per heavy atom. The molecular weight excluding hydrogens is 555 g/mol. The van der Waals surface area contributed by atoms with E-state index >= 15 is 0 Å². The lowest BCUT2D eigenvalue weighted by molar-refractivity contribution is -0.127. The molecule has 33 heavy (non-hydrogen) atoms. The maximum atomic E-state index is 12.9. The molecule has 7 nitrogen and oxygen atoms in total. The van der Waals surface area contributed by atoms with Crippen LogP contribution < -0.4 is 14.8 Å². The first-order valence-corrected chi connectivity index (χ1v) is 12.2. The molecule has 0 saturated carbocycles. The summed E-state index contributed by atoms with van der Waals surface area (Å²) in [5.74, 6) is 0.243. The van der Waals surface area contributed by atoms with Crippen LogP contribution in [0.5, 0.6) is 11.5 Å². The number of ether oxygens (including phenoxy) is 2. The smallest absolute Gasteiger partial charge is 0.294 e. The molecule has 174 valence electrons. The highest BCUT2D eigenvalue weighted by Crippen LogP contribution is 2.37. The molecule has 0 radical (unpaired) electrons. The molecule has 1 fully saturated rings. The average Bonchev–Trinajstić information content (AvgIpc) is 2.99. The van der Waals surface area contributed by atoms with E-state index in [0.717, 1.165) is 36.9 Å². The van der Waals surface area contributed by atoms with Gasteiger partial charge in [0, 0.05) is 5.69 Å². The molecule has 9 heteroatoms. The number of nitrogens with one attached hydrogen (secondary N) is 1. The van der Waals surface area contributed by atoms with E-state index in [-0.39, 0.29) is 11.4 Å². The quantitative estimate of drug-likeness (QED) is 0.354. The number of rotatable bonds is 7. The van der Waals surface area contributed by atoms with E-state index in [1.54, 1.807) is 19.3 Å². The van der Waals surface area contributed by atoms with Gasteiger partial charge in [-0.1, -0.05) is 17.7 Å². The molecule has 0 atom stereocenters. The molecule has 2 aromatic carbocycles. The zero-order valence-electron chi connectivity index (χ0n) is 19.1. The van der Waals surface area contributed by atoms with Gasteiger partial charge in [-0.2, -0.15) is 0 Å². The standard InChI is InChI=1S/C24H25IN2O5S/c1-6-32-22-17(25)9-16(10-18(22)31-5)11-19-23(29)27(24(30)33-19)12-20(28)26-21-14(3)7-13(2)8-15(21)4/h7-11H,6,12H2,1-5H3,(H,26,28)/b19-11+. The maximum Gasteiger partial charge on any atom is 0.294 e. The van der Waals surface area contributed by atoms with E-state index < -0.39 is 17.1 Å². The fourth-order valence-corrected chi connectivity index (χ4v) is 5.21. The van der Waals surface area contributed by atoms with E-state index in [9.17, 15) is 14.4 Å². The first-order valence-electron chi connectivity index (χ1n) is 10.3. The first-order chi connectivity index (χ1) is 15.6. The summed E-state index contributed by atoms with van der Waals surface area (Å²) in [6, 6.07) is 7.53. The topological polar surface area (TPSA) is 84.9 Å². The van der Waals surface area contributed by atoms with E-state index in [4.69, 9.17) is 9.47 Å². The summed E-state index contributed by atoms with van der Waals surface area (Å²) in [5, 5.41) is 2.35. The number of methoxy groups -OCH3 is 1. The first kappa shape index (κ1) is 25.1. The van der Waals surface area contributed by atoms with Gasteiger partial charge in [0.1, 0.15) is 6.54 Å². The van der Waals surface area contributed by atoms with Gasteiger partial charge >= 0.3 is 0 Å². The Balaban J connectivity index is 1.78. The van der Waals surface area contributed by atoms with Crippen LogP contribution in [0.4, 0.5) is 10.5 Å². The van der Waals surface area contributed by atoms with Gasteiger partial charge in [0.25, 0.3) is 11.1 Å². The normalized spacial score (nSPS) is 14.7. The second kappa shape index (κ2) is 10.6. The van der Waals surface area contributed by atoms with Crippen molar-refractivity contribution >= 4 is 63.2 Å². The highest BCUT2D eigenvalue weighted by atomic mass is 127. The number of imide groups is 1. The van der Waals surface area contributed by atoms with Crippen LogP contribution in [0, 0.1) is 24.3 Å². The van der Waals surface area contributed by atoms with E-state index in [0.29, 0.717) is 29.4 Å². The van der Waals surface area contributed by atoms with Crippen LogP contribution in [0.15, 0.2) is 29.2 Å². The Hall–Kier alpha value is -2.53.